The summed E-state index contributed by atoms with van der Waals surface area (Å²) in [5, 5.41) is 9.14. The van der Waals surface area contributed by atoms with Gasteiger partial charge in [-0.2, -0.15) is 0 Å². The number of nitrogens with zero attached hydrogens (tertiary/aromatic N) is 1. The maximum atomic E-state index is 12.2. The number of aliphatic carboxylic acids is 1. The third-order valence-corrected chi connectivity index (χ3v) is 4.16. The molecule has 5 nitrogen and oxygen atoms in total. The SMILES string of the molecule is C=C1CCN(C(=O)C(C)CSC(C)=O)[C@H](C(=O)O)C1. The molecule has 1 aliphatic rings. The third-order valence-electron chi connectivity index (χ3n) is 3.09. The Hall–Kier alpha value is -1.30. The van der Waals surface area contributed by atoms with Crippen LogP contribution in [0.15, 0.2) is 12.2 Å². The number of hydrogen-bond acceptors (Lipinski definition) is 4. The van der Waals surface area contributed by atoms with Gasteiger partial charge in [-0.3, -0.25) is 9.59 Å². The molecule has 0 bridgehead atoms. The standard InChI is InChI=1S/C13H19NO4S/c1-8-4-5-14(11(6-8)13(17)18)12(16)9(2)7-19-10(3)15/h9,11H,1,4-7H2,2-3H3,(H,17,18)/t9?,11-/m0/s1. The molecule has 0 aromatic heterocycles. The summed E-state index contributed by atoms with van der Waals surface area (Å²) >= 11 is 1.09. The Morgan fingerprint density at radius 2 is 2.16 bits per heavy atom. The molecular weight excluding hydrogens is 266 g/mol. The van der Waals surface area contributed by atoms with Gasteiger partial charge in [-0.15, -0.1) is 0 Å². The summed E-state index contributed by atoms with van der Waals surface area (Å²) in [6.07, 6.45) is 0.954. The summed E-state index contributed by atoms with van der Waals surface area (Å²) in [6.45, 7) is 7.36. The van der Waals surface area contributed by atoms with Crippen molar-refractivity contribution >= 4 is 28.8 Å². The van der Waals surface area contributed by atoms with Gasteiger partial charge in [-0.05, 0) is 12.8 Å². The fourth-order valence-electron chi connectivity index (χ4n) is 2.00. The van der Waals surface area contributed by atoms with Crippen molar-refractivity contribution in [1.82, 2.24) is 4.90 Å². The molecular formula is C13H19NO4S. The smallest absolute Gasteiger partial charge is 0.326 e. The number of amides is 1. The van der Waals surface area contributed by atoms with E-state index in [-0.39, 0.29) is 16.9 Å². The molecule has 0 aromatic rings. The van der Waals surface area contributed by atoms with Crippen LogP contribution in [0.4, 0.5) is 0 Å². The van der Waals surface area contributed by atoms with Gasteiger partial charge in [-0.25, -0.2) is 4.79 Å². The van der Waals surface area contributed by atoms with E-state index < -0.39 is 12.0 Å². The van der Waals surface area contributed by atoms with Gasteiger partial charge in [0.15, 0.2) is 5.12 Å². The lowest BCUT2D eigenvalue weighted by Gasteiger charge is -2.35. The molecule has 1 heterocycles. The zero-order valence-corrected chi connectivity index (χ0v) is 12.0. The molecule has 6 heteroatoms. The van der Waals surface area contributed by atoms with E-state index in [0.29, 0.717) is 25.1 Å². The Labute approximate surface area is 117 Å². The predicted molar refractivity (Wildman–Crippen MR) is 73.8 cm³/mol. The van der Waals surface area contributed by atoms with Crippen LogP contribution in [0.1, 0.15) is 26.7 Å². The van der Waals surface area contributed by atoms with Gasteiger partial charge in [0.05, 0.1) is 0 Å². The van der Waals surface area contributed by atoms with Crippen molar-refractivity contribution in [2.24, 2.45) is 5.92 Å². The van der Waals surface area contributed by atoms with Crippen LogP contribution in [0.25, 0.3) is 0 Å². The lowest BCUT2D eigenvalue weighted by Crippen LogP contribution is -2.50. The van der Waals surface area contributed by atoms with Gasteiger partial charge in [-0.1, -0.05) is 30.8 Å². The number of thioether (sulfide) groups is 1. The highest BCUT2D eigenvalue weighted by Gasteiger charge is 2.35. The van der Waals surface area contributed by atoms with Gasteiger partial charge in [0.1, 0.15) is 6.04 Å². The zero-order chi connectivity index (χ0) is 14.6. The second-order valence-corrected chi connectivity index (χ2v) is 5.99. The minimum atomic E-state index is -0.999. The highest BCUT2D eigenvalue weighted by atomic mass is 32.2. The second kappa shape index (κ2) is 6.75. The quantitative estimate of drug-likeness (QED) is 0.793. The van der Waals surface area contributed by atoms with E-state index >= 15 is 0 Å². The molecule has 1 amide bonds. The Kier molecular flexibility index (Phi) is 5.60. The number of rotatable bonds is 4. The lowest BCUT2D eigenvalue weighted by molar-refractivity contribution is -0.152. The molecule has 1 unspecified atom stereocenters. The first-order valence-corrected chi connectivity index (χ1v) is 7.14. The molecule has 2 atom stereocenters. The van der Waals surface area contributed by atoms with Crippen LogP contribution in [0.3, 0.4) is 0 Å². The van der Waals surface area contributed by atoms with Crippen LogP contribution in [-0.2, 0) is 14.4 Å². The predicted octanol–water partition coefficient (Wildman–Crippen LogP) is 1.53. The molecule has 0 saturated carbocycles. The number of likely N-dealkylation sites (tertiary alicyclic amines) is 1. The van der Waals surface area contributed by atoms with Gasteiger partial charge in [0.2, 0.25) is 5.91 Å². The van der Waals surface area contributed by atoms with Crippen LogP contribution < -0.4 is 0 Å². The van der Waals surface area contributed by atoms with E-state index in [1.54, 1.807) is 6.92 Å². The van der Waals surface area contributed by atoms with Crippen molar-refractivity contribution < 1.29 is 19.5 Å². The minimum absolute atomic E-state index is 0.0403. The maximum Gasteiger partial charge on any atom is 0.326 e. The monoisotopic (exact) mass is 285 g/mol. The maximum absolute atomic E-state index is 12.2. The van der Waals surface area contributed by atoms with Crippen molar-refractivity contribution in [3.8, 4) is 0 Å². The summed E-state index contributed by atoms with van der Waals surface area (Å²) in [4.78, 5) is 35.7. The molecule has 0 radical (unpaired) electrons. The van der Waals surface area contributed by atoms with Crippen LogP contribution in [0.2, 0.25) is 0 Å². The van der Waals surface area contributed by atoms with Crippen LogP contribution in [-0.4, -0.2) is 45.3 Å². The Balaban J connectivity index is 2.70. The van der Waals surface area contributed by atoms with Crippen molar-refractivity contribution in [3.63, 3.8) is 0 Å². The molecule has 1 aliphatic heterocycles. The average molecular weight is 285 g/mol. The number of hydrogen-bond donors (Lipinski definition) is 1. The van der Waals surface area contributed by atoms with Crippen LogP contribution in [0.5, 0.6) is 0 Å². The highest BCUT2D eigenvalue weighted by Crippen LogP contribution is 2.24. The topological polar surface area (TPSA) is 74.7 Å². The van der Waals surface area contributed by atoms with Gasteiger partial charge in [0, 0.05) is 25.1 Å². The molecule has 106 valence electrons. The van der Waals surface area contributed by atoms with Crippen molar-refractivity contribution in [2.45, 2.75) is 32.7 Å². The summed E-state index contributed by atoms with van der Waals surface area (Å²) < 4.78 is 0. The Bertz CT molecular complexity index is 407. The number of piperidine rings is 1. The second-order valence-electron chi connectivity index (χ2n) is 4.79. The van der Waals surface area contributed by atoms with E-state index in [9.17, 15) is 19.5 Å². The van der Waals surface area contributed by atoms with Crippen LogP contribution >= 0.6 is 11.8 Å². The molecule has 19 heavy (non-hydrogen) atoms. The van der Waals surface area contributed by atoms with E-state index in [1.165, 1.54) is 11.8 Å². The van der Waals surface area contributed by atoms with Crippen molar-refractivity contribution in [1.29, 1.82) is 0 Å². The zero-order valence-electron chi connectivity index (χ0n) is 11.2. The molecule has 0 aromatic carbocycles. The highest BCUT2D eigenvalue weighted by molar-refractivity contribution is 8.13. The van der Waals surface area contributed by atoms with Gasteiger partial charge >= 0.3 is 5.97 Å². The molecule has 1 fully saturated rings. The molecule has 1 N–H and O–H groups in total. The summed E-state index contributed by atoms with van der Waals surface area (Å²) in [5.74, 6) is -1.17. The van der Waals surface area contributed by atoms with Gasteiger partial charge < -0.3 is 10.0 Å². The largest absolute Gasteiger partial charge is 0.480 e. The fraction of sp³-hybridized carbons (Fsp3) is 0.615. The van der Waals surface area contributed by atoms with Gasteiger partial charge in [0.25, 0.3) is 0 Å². The molecule has 1 rings (SSSR count). The fourth-order valence-corrected chi connectivity index (χ4v) is 2.63. The Morgan fingerprint density at radius 1 is 1.53 bits per heavy atom. The van der Waals surface area contributed by atoms with Crippen molar-refractivity contribution in [2.75, 3.05) is 12.3 Å². The molecule has 1 saturated heterocycles. The van der Waals surface area contributed by atoms with E-state index in [2.05, 4.69) is 6.58 Å². The van der Waals surface area contributed by atoms with E-state index in [1.807, 2.05) is 0 Å². The van der Waals surface area contributed by atoms with Crippen LogP contribution in [0, 0.1) is 5.92 Å². The summed E-state index contributed by atoms with van der Waals surface area (Å²) in [6, 6.07) is -0.821. The average Bonchev–Trinajstić information content (AvgIpc) is 2.34. The Morgan fingerprint density at radius 3 is 2.68 bits per heavy atom. The molecule has 0 spiro atoms. The number of carboxylic acids is 1. The lowest BCUT2D eigenvalue weighted by atomic mass is 9.96. The normalized spacial score (nSPS) is 21.1. The summed E-state index contributed by atoms with van der Waals surface area (Å²) in [7, 11) is 0. The summed E-state index contributed by atoms with van der Waals surface area (Å²) in [5.41, 5.74) is 0.863. The minimum Gasteiger partial charge on any atom is -0.480 e. The van der Waals surface area contributed by atoms with Crippen molar-refractivity contribution in [3.05, 3.63) is 12.2 Å². The third kappa shape index (κ3) is 4.38. The first-order chi connectivity index (χ1) is 8.82. The first kappa shape index (κ1) is 15.8. The van der Waals surface area contributed by atoms with E-state index in [4.69, 9.17) is 0 Å². The molecule has 0 aliphatic carbocycles. The van der Waals surface area contributed by atoms with E-state index in [0.717, 1.165) is 17.3 Å². The number of carbonyl (C=O) groups excluding carboxylic acids is 2. The first-order valence-electron chi connectivity index (χ1n) is 6.16. The number of carbonyl (C=O) groups is 3. The number of carboxylic acid groups (broad SMARTS) is 1.